The largest absolute Gasteiger partial charge is 0.467 e. The van der Waals surface area contributed by atoms with Gasteiger partial charge in [0.2, 0.25) is 0 Å². The first kappa shape index (κ1) is 30.1. The van der Waals surface area contributed by atoms with E-state index in [1.807, 2.05) is 57.2 Å². The van der Waals surface area contributed by atoms with Crippen LogP contribution in [0.3, 0.4) is 0 Å². The lowest BCUT2D eigenvalue weighted by atomic mass is 9.95. The molecule has 0 aliphatic heterocycles. The number of allylic oxidation sites excluding steroid dienone is 3. The summed E-state index contributed by atoms with van der Waals surface area (Å²) in [5.41, 5.74) is 3.78. The molecule has 0 amide bonds. The van der Waals surface area contributed by atoms with Crippen LogP contribution in [0, 0.1) is 6.92 Å². The standard InChI is InChI=1S/C32H38O6S/c1-6-36-22-37-32-28(25(4)31(38-26(5)33)29-17-10-11-18-30(29)32)20-19-23(2)13-12-14-24(3)21-39(34,35)27-15-8-7-9-16-27/h7-11,14-19H,6,12-13,20-22H2,1-5H3/b23-19+,24-14+. The molecule has 0 saturated carbocycles. The zero-order chi connectivity index (χ0) is 28.4. The molecular weight excluding hydrogens is 512 g/mol. The second-order valence-corrected chi connectivity index (χ2v) is 11.6. The average Bonchev–Trinajstić information content (AvgIpc) is 2.90. The van der Waals surface area contributed by atoms with Gasteiger partial charge in [-0.25, -0.2) is 8.42 Å². The highest BCUT2D eigenvalue weighted by atomic mass is 32.2. The van der Waals surface area contributed by atoms with Crippen LogP contribution in [0.5, 0.6) is 11.5 Å². The van der Waals surface area contributed by atoms with Crippen LogP contribution in [0.25, 0.3) is 10.8 Å². The molecule has 39 heavy (non-hydrogen) atoms. The van der Waals surface area contributed by atoms with Gasteiger partial charge in [0.25, 0.3) is 0 Å². The van der Waals surface area contributed by atoms with Gasteiger partial charge in [0, 0.05) is 29.9 Å². The molecule has 3 aromatic carbocycles. The Morgan fingerprint density at radius 3 is 2.15 bits per heavy atom. The van der Waals surface area contributed by atoms with Crippen LogP contribution < -0.4 is 9.47 Å². The van der Waals surface area contributed by atoms with Gasteiger partial charge >= 0.3 is 5.97 Å². The topological polar surface area (TPSA) is 78.9 Å². The van der Waals surface area contributed by atoms with E-state index in [2.05, 4.69) is 13.0 Å². The van der Waals surface area contributed by atoms with Crippen LogP contribution >= 0.6 is 0 Å². The van der Waals surface area contributed by atoms with Crippen molar-refractivity contribution < 1.29 is 27.4 Å². The third-order valence-corrected chi connectivity index (χ3v) is 8.25. The van der Waals surface area contributed by atoms with E-state index in [1.165, 1.54) is 12.5 Å². The predicted octanol–water partition coefficient (Wildman–Crippen LogP) is 7.14. The third-order valence-electron chi connectivity index (χ3n) is 6.43. The lowest BCUT2D eigenvalue weighted by Crippen LogP contribution is -2.09. The molecule has 0 aliphatic rings. The summed E-state index contributed by atoms with van der Waals surface area (Å²) in [5.74, 6) is 0.898. The Morgan fingerprint density at radius 2 is 1.51 bits per heavy atom. The molecule has 0 bridgehead atoms. The van der Waals surface area contributed by atoms with E-state index in [1.54, 1.807) is 24.3 Å². The highest BCUT2D eigenvalue weighted by Crippen LogP contribution is 2.41. The van der Waals surface area contributed by atoms with Crippen LogP contribution in [0.4, 0.5) is 0 Å². The normalized spacial score (nSPS) is 12.5. The molecule has 3 aromatic rings. The van der Waals surface area contributed by atoms with Crippen molar-refractivity contribution in [2.45, 2.75) is 58.8 Å². The average molecular weight is 551 g/mol. The van der Waals surface area contributed by atoms with Gasteiger partial charge in [-0.05, 0) is 64.7 Å². The number of carbonyl (C=O) groups is 1. The Balaban J connectivity index is 1.80. The number of hydrogen-bond donors (Lipinski definition) is 0. The second kappa shape index (κ2) is 14.1. The molecule has 0 atom stereocenters. The molecule has 7 heteroatoms. The Kier molecular flexibility index (Phi) is 10.9. The van der Waals surface area contributed by atoms with Crippen molar-refractivity contribution in [2.75, 3.05) is 19.2 Å². The fourth-order valence-electron chi connectivity index (χ4n) is 4.42. The number of sulfone groups is 1. The van der Waals surface area contributed by atoms with Crippen molar-refractivity contribution in [1.29, 1.82) is 0 Å². The number of hydrogen-bond acceptors (Lipinski definition) is 6. The summed E-state index contributed by atoms with van der Waals surface area (Å²) in [6.07, 6.45) is 6.26. The number of carbonyl (C=O) groups excluding carboxylic acids is 1. The summed E-state index contributed by atoms with van der Waals surface area (Å²) >= 11 is 0. The molecule has 3 rings (SSSR count). The first-order chi connectivity index (χ1) is 18.6. The van der Waals surface area contributed by atoms with Crippen LogP contribution in [-0.4, -0.2) is 33.5 Å². The van der Waals surface area contributed by atoms with Crippen LogP contribution in [0.15, 0.2) is 82.8 Å². The van der Waals surface area contributed by atoms with Crippen LogP contribution in [0.1, 0.15) is 51.7 Å². The Bertz CT molecular complexity index is 1450. The Hall–Kier alpha value is -3.42. The number of rotatable bonds is 13. The first-order valence-electron chi connectivity index (χ1n) is 13.2. The van der Waals surface area contributed by atoms with Gasteiger partial charge in [-0.15, -0.1) is 0 Å². The molecule has 0 saturated heterocycles. The van der Waals surface area contributed by atoms with E-state index >= 15 is 0 Å². The molecule has 0 aromatic heterocycles. The van der Waals surface area contributed by atoms with Gasteiger partial charge in [-0.1, -0.05) is 65.8 Å². The number of fused-ring (bicyclic) bond motifs is 1. The van der Waals surface area contributed by atoms with Crippen molar-refractivity contribution in [1.82, 2.24) is 0 Å². The van der Waals surface area contributed by atoms with Gasteiger partial charge in [0.1, 0.15) is 11.5 Å². The van der Waals surface area contributed by atoms with Crippen molar-refractivity contribution in [3.63, 3.8) is 0 Å². The van der Waals surface area contributed by atoms with Crippen molar-refractivity contribution in [3.05, 3.63) is 89.0 Å². The van der Waals surface area contributed by atoms with E-state index in [-0.39, 0.29) is 18.5 Å². The fourth-order valence-corrected chi connectivity index (χ4v) is 5.87. The number of benzene rings is 3. The summed E-state index contributed by atoms with van der Waals surface area (Å²) in [6, 6.07) is 16.3. The fraction of sp³-hybridized carbons (Fsp3) is 0.344. The van der Waals surface area contributed by atoms with E-state index in [0.717, 1.165) is 46.1 Å². The number of ether oxygens (including phenoxy) is 3. The molecule has 208 valence electrons. The van der Waals surface area contributed by atoms with Gasteiger partial charge in [0.05, 0.1) is 10.6 Å². The summed E-state index contributed by atoms with van der Waals surface area (Å²) in [4.78, 5) is 12.2. The monoisotopic (exact) mass is 550 g/mol. The predicted molar refractivity (Wildman–Crippen MR) is 156 cm³/mol. The van der Waals surface area contributed by atoms with Gasteiger partial charge in [0.15, 0.2) is 16.6 Å². The third kappa shape index (κ3) is 8.28. The first-order valence-corrected chi connectivity index (χ1v) is 14.8. The Labute approximate surface area is 232 Å². The van der Waals surface area contributed by atoms with E-state index in [0.29, 0.717) is 23.7 Å². The summed E-state index contributed by atoms with van der Waals surface area (Å²) < 4.78 is 42.5. The zero-order valence-corrected chi connectivity index (χ0v) is 24.3. The van der Waals surface area contributed by atoms with E-state index in [9.17, 15) is 13.2 Å². The Morgan fingerprint density at radius 1 is 0.872 bits per heavy atom. The van der Waals surface area contributed by atoms with Crippen molar-refractivity contribution in [3.8, 4) is 11.5 Å². The smallest absolute Gasteiger partial charge is 0.308 e. The van der Waals surface area contributed by atoms with Crippen molar-refractivity contribution in [2.24, 2.45) is 0 Å². The molecule has 0 heterocycles. The quantitative estimate of drug-likeness (QED) is 0.0740. The molecule has 0 fully saturated rings. The minimum absolute atomic E-state index is 0.00944. The molecule has 0 radical (unpaired) electrons. The van der Waals surface area contributed by atoms with E-state index in [4.69, 9.17) is 14.2 Å². The molecule has 0 aliphatic carbocycles. The van der Waals surface area contributed by atoms with E-state index < -0.39 is 9.84 Å². The SMILES string of the molecule is CCOCOc1c(C/C=C(\C)CC/C=C(\C)CS(=O)(=O)c2ccccc2)c(C)c(OC(C)=O)c2ccccc12. The molecular formula is C32H38O6S. The maximum Gasteiger partial charge on any atom is 0.308 e. The van der Waals surface area contributed by atoms with Gasteiger partial charge in [-0.2, -0.15) is 0 Å². The van der Waals surface area contributed by atoms with Crippen molar-refractivity contribution >= 4 is 26.6 Å². The second-order valence-electron chi connectivity index (χ2n) is 9.57. The minimum atomic E-state index is -3.35. The molecule has 0 N–H and O–H groups in total. The zero-order valence-electron chi connectivity index (χ0n) is 23.5. The lowest BCUT2D eigenvalue weighted by molar-refractivity contribution is -0.131. The highest BCUT2D eigenvalue weighted by molar-refractivity contribution is 7.91. The van der Waals surface area contributed by atoms with Crippen LogP contribution in [0.2, 0.25) is 0 Å². The summed E-state index contributed by atoms with van der Waals surface area (Å²) in [7, 11) is -3.35. The molecule has 0 unspecified atom stereocenters. The van der Waals surface area contributed by atoms with Gasteiger partial charge in [-0.3, -0.25) is 4.79 Å². The maximum atomic E-state index is 12.6. The highest BCUT2D eigenvalue weighted by Gasteiger charge is 2.20. The molecule has 6 nitrogen and oxygen atoms in total. The minimum Gasteiger partial charge on any atom is -0.467 e. The summed E-state index contributed by atoms with van der Waals surface area (Å²) in [5, 5.41) is 1.67. The van der Waals surface area contributed by atoms with Crippen LogP contribution in [-0.2, 0) is 25.8 Å². The van der Waals surface area contributed by atoms with Gasteiger partial charge < -0.3 is 14.2 Å². The molecule has 0 spiro atoms. The number of esters is 1. The lowest BCUT2D eigenvalue weighted by Gasteiger charge is -2.20. The maximum absolute atomic E-state index is 12.6. The summed E-state index contributed by atoms with van der Waals surface area (Å²) in [6.45, 7) is 9.84.